The number of aliphatic hydroxyl groups is 1. The molecule has 1 saturated carbocycles. The van der Waals surface area contributed by atoms with E-state index >= 15 is 14.4 Å². The van der Waals surface area contributed by atoms with Gasteiger partial charge in [0.15, 0.2) is 0 Å². The summed E-state index contributed by atoms with van der Waals surface area (Å²) >= 11 is 0. The average molecular weight is 824 g/mol. The number of phenolic OH excluding ortho intramolecular Hbond substituents is 1. The first-order valence-electron chi connectivity index (χ1n) is 20.8. The maximum atomic E-state index is 16.0. The first kappa shape index (κ1) is 41.5. The monoisotopic (exact) mass is 823 g/mol. The van der Waals surface area contributed by atoms with Gasteiger partial charge in [-0.1, -0.05) is 104 Å². The van der Waals surface area contributed by atoms with E-state index in [9.17, 15) is 15.0 Å². The number of methoxy groups -OCH3 is 1. The lowest BCUT2D eigenvalue weighted by molar-refractivity contribution is -0.178. The number of rotatable bonds is 9. The van der Waals surface area contributed by atoms with Crippen molar-refractivity contribution in [3.05, 3.63) is 144 Å². The summed E-state index contributed by atoms with van der Waals surface area (Å²) in [5.41, 5.74) is -0.450. The molecule has 1 aliphatic carbocycles. The van der Waals surface area contributed by atoms with Crippen molar-refractivity contribution < 1.29 is 43.6 Å². The van der Waals surface area contributed by atoms with Crippen LogP contribution in [0.5, 0.6) is 5.75 Å². The van der Waals surface area contributed by atoms with Crippen LogP contribution in [0.25, 0.3) is 0 Å². The highest BCUT2D eigenvalue weighted by atomic mass is 16.6. The molecular weight excluding hydrogens is 775 g/mol. The lowest BCUT2D eigenvalue weighted by Gasteiger charge is -2.46. The van der Waals surface area contributed by atoms with Gasteiger partial charge in [-0.2, -0.15) is 0 Å². The standard InChI is InChI=1S/C49H49N3O9/c1-3-28-50-44(54)39-41-45(55)61-42(34-16-10-7-11-17-34)40(33-14-8-6-9-15-33)52(41)43(35-19-21-36(53)22-20-35)49(39)37-31-32(24-27-48(58)25-12-4-5-13-26-48)18-23-38(37)51(46(49)56)47(57)60-30-29-59-2/h3,6-11,14-23,31,39-43,53,58H,1,4-5,12-13,25-26,28-30H2,2H3,(H,50,54). The molecule has 61 heavy (non-hydrogen) atoms. The summed E-state index contributed by atoms with van der Waals surface area (Å²) in [7, 11) is 1.46. The van der Waals surface area contributed by atoms with Gasteiger partial charge < -0.3 is 29.7 Å². The third-order valence-corrected chi connectivity index (χ3v) is 12.4. The highest BCUT2D eigenvalue weighted by Gasteiger charge is 2.75. The molecule has 2 saturated heterocycles. The SMILES string of the molecule is C=CCNC(=O)C1C2C(=O)OC(c3ccccc3)C(c3ccccc3)N2C(c2ccc(O)cc2)C12C(=O)N(C(=O)OCCOC)c1ccc(C#CC3(O)CCCCCC3)cc12. The van der Waals surface area contributed by atoms with Crippen molar-refractivity contribution in [2.24, 2.45) is 5.92 Å². The van der Waals surface area contributed by atoms with Gasteiger partial charge in [-0.15, -0.1) is 6.58 Å². The molecule has 6 unspecified atom stereocenters. The van der Waals surface area contributed by atoms with Crippen molar-refractivity contribution in [3.63, 3.8) is 0 Å². The molecule has 3 heterocycles. The summed E-state index contributed by atoms with van der Waals surface area (Å²) in [6.45, 7) is 3.71. The van der Waals surface area contributed by atoms with E-state index in [-0.39, 0.29) is 36.8 Å². The number of nitrogens with zero attached hydrogens (tertiary/aromatic N) is 2. The average Bonchev–Trinajstić information content (AvgIpc) is 3.61. The number of esters is 1. The number of cyclic esters (lactones) is 1. The fourth-order valence-electron chi connectivity index (χ4n) is 9.81. The zero-order valence-corrected chi connectivity index (χ0v) is 34.0. The number of phenols is 1. The summed E-state index contributed by atoms with van der Waals surface area (Å²) in [5.74, 6) is 2.60. The number of hydrogen-bond donors (Lipinski definition) is 3. The number of hydrogen-bond acceptors (Lipinski definition) is 10. The predicted molar refractivity (Wildman–Crippen MR) is 226 cm³/mol. The van der Waals surface area contributed by atoms with Crippen molar-refractivity contribution in [3.8, 4) is 17.6 Å². The van der Waals surface area contributed by atoms with Gasteiger partial charge in [0, 0.05) is 19.2 Å². The Morgan fingerprint density at radius 2 is 1.56 bits per heavy atom. The summed E-state index contributed by atoms with van der Waals surface area (Å²) in [6, 6.07) is 26.7. The highest BCUT2D eigenvalue weighted by Crippen LogP contribution is 2.66. The molecule has 1 spiro atoms. The molecule has 3 amide bonds. The minimum Gasteiger partial charge on any atom is -0.508 e. The number of carbonyl (C=O) groups excluding carboxylic acids is 4. The van der Waals surface area contributed by atoms with E-state index in [0.29, 0.717) is 29.5 Å². The van der Waals surface area contributed by atoms with Crippen molar-refractivity contribution in [1.29, 1.82) is 0 Å². The zero-order valence-electron chi connectivity index (χ0n) is 34.0. The minimum absolute atomic E-state index is 0.0136. The zero-order chi connectivity index (χ0) is 42.7. The Labute approximate surface area is 355 Å². The number of morpholine rings is 1. The molecule has 314 valence electrons. The molecule has 0 radical (unpaired) electrons. The Kier molecular flexibility index (Phi) is 11.8. The number of anilines is 1. The molecule has 3 N–H and O–H groups in total. The van der Waals surface area contributed by atoms with Gasteiger partial charge in [0.2, 0.25) is 11.8 Å². The number of imide groups is 1. The van der Waals surface area contributed by atoms with E-state index in [1.165, 1.54) is 25.3 Å². The Morgan fingerprint density at radius 1 is 0.885 bits per heavy atom. The third-order valence-electron chi connectivity index (χ3n) is 12.4. The smallest absolute Gasteiger partial charge is 0.421 e. The fraction of sp³-hybridized carbons (Fsp3) is 0.347. The van der Waals surface area contributed by atoms with E-state index in [1.807, 2.05) is 65.6 Å². The molecular formula is C49H49N3O9. The Balaban J connectivity index is 1.43. The summed E-state index contributed by atoms with van der Waals surface area (Å²) in [4.78, 5) is 63.3. The first-order chi connectivity index (χ1) is 29.6. The van der Waals surface area contributed by atoms with Crippen LogP contribution in [0.2, 0.25) is 0 Å². The maximum Gasteiger partial charge on any atom is 0.421 e. The summed E-state index contributed by atoms with van der Waals surface area (Å²) < 4.78 is 17.2. The van der Waals surface area contributed by atoms with E-state index in [0.717, 1.165) is 36.1 Å². The number of ether oxygens (including phenoxy) is 3. The van der Waals surface area contributed by atoms with E-state index in [4.69, 9.17) is 14.2 Å². The van der Waals surface area contributed by atoms with Crippen molar-refractivity contribution in [1.82, 2.24) is 10.2 Å². The molecule has 12 heteroatoms. The number of fused-ring (bicyclic) bond motifs is 3. The molecule has 3 aliphatic heterocycles. The molecule has 4 aromatic rings. The lowest BCUT2D eigenvalue weighted by atomic mass is 9.65. The van der Waals surface area contributed by atoms with Gasteiger partial charge in [0.05, 0.1) is 30.3 Å². The second-order valence-corrected chi connectivity index (χ2v) is 16.1. The van der Waals surface area contributed by atoms with Crippen molar-refractivity contribution in [2.75, 3.05) is 31.8 Å². The van der Waals surface area contributed by atoms with Crippen LogP contribution in [-0.4, -0.2) is 77.5 Å². The van der Waals surface area contributed by atoms with Crippen LogP contribution in [0.4, 0.5) is 10.5 Å². The van der Waals surface area contributed by atoms with Gasteiger partial charge >= 0.3 is 12.1 Å². The maximum absolute atomic E-state index is 16.0. The van der Waals surface area contributed by atoms with Crippen molar-refractivity contribution >= 4 is 29.6 Å². The van der Waals surface area contributed by atoms with Gasteiger partial charge in [-0.3, -0.25) is 19.3 Å². The van der Waals surface area contributed by atoms with Crippen LogP contribution >= 0.6 is 0 Å². The Hall–Kier alpha value is -6.26. The Morgan fingerprint density at radius 3 is 2.21 bits per heavy atom. The van der Waals surface area contributed by atoms with E-state index in [2.05, 4.69) is 23.7 Å². The number of amides is 3. The van der Waals surface area contributed by atoms with Crippen LogP contribution in [0.15, 0.2) is 116 Å². The number of carbonyl (C=O) groups is 4. The van der Waals surface area contributed by atoms with Crippen LogP contribution in [-0.2, 0) is 34.0 Å². The number of benzene rings is 4. The number of aromatic hydroxyl groups is 1. The summed E-state index contributed by atoms with van der Waals surface area (Å²) in [5, 5.41) is 25.1. The predicted octanol–water partition coefficient (Wildman–Crippen LogP) is 6.58. The van der Waals surface area contributed by atoms with Crippen LogP contribution in [0, 0.1) is 17.8 Å². The van der Waals surface area contributed by atoms with Gasteiger partial charge in [0.1, 0.15) is 35.5 Å². The second-order valence-electron chi connectivity index (χ2n) is 16.1. The molecule has 6 atom stereocenters. The fourth-order valence-corrected chi connectivity index (χ4v) is 9.81. The first-order valence-corrected chi connectivity index (χ1v) is 20.8. The molecule has 0 aromatic heterocycles. The third kappa shape index (κ3) is 7.47. The van der Waals surface area contributed by atoms with Crippen LogP contribution in [0.1, 0.15) is 84.5 Å². The van der Waals surface area contributed by atoms with Gasteiger partial charge in [-0.25, -0.2) is 9.69 Å². The topological polar surface area (TPSA) is 155 Å². The summed E-state index contributed by atoms with van der Waals surface area (Å²) in [6.07, 6.45) is 4.34. The van der Waals surface area contributed by atoms with Crippen LogP contribution in [0.3, 0.4) is 0 Å². The molecule has 8 rings (SSSR count). The lowest BCUT2D eigenvalue weighted by Crippen LogP contribution is -2.55. The normalized spacial score (nSPS) is 25.3. The highest BCUT2D eigenvalue weighted by molar-refractivity contribution is 6.23. The van der Waals surface area contributed by atoms with Gasteiger partial charge in [-0.05, 0) is 78.3 Å². The second kappa shape index (κ2) is 17.4. The van der Waals surface area contributed by atoms with E-state index in [1.54, 1.807) is 30.3 Å². The van der Waals surface area contributed by atoms with Crippen molar-refractivity contribution in [2.45, 2.75) is 73.8 Å². The van der Waals surface area contributed by atoms with E-state index < -0.39 is 65.0 Å². The molecule has 12 nitrogen and oxygen atoms in total. The molecule has 3 fully saturated rings. The van der Waals surface area contributed by atoms with Crippen LogP contribution < -0.4 is 10.2 Å². The quantitative estimate of drug-likeness (QED) is 0.0555. The molecule has 4 aliphatic rings. The minimum atomic E-state index is -2.02. The number of nitrogens with one attached hydrogen (secondary N) is 1. The molecule has 4 aromatic carbocycles. The Bertz CT molecular complexity index is 2350. The van der Waals surface area contributed by atoms with Gasteiger partial charge in [0.25, 0.3) is 0 Å². The largest absolute Gasteiger partial charge is 0.508 e. The molecule has 0 bridgehead atoms.